The number of amides is 3. The largest absolute Gasteiger partial charge is 0.497 e. The van der Waals surface area contributed by atoms with Gasteiger partial charge in [0.2, 0.25) is 11.8 Å². The number of nitrogens with two attached hydrogens (primary N) is 1. The zero-order valence-electron chi connectivity index (χ0n) is 16.7. The van der Waals surface area contributed by atoms with Gasteiger partial charge in [-0.2, -0.15) is 0 Å². The number of nitrogens with one attached hydrogen (secondary N) is 1. The van der Waals surface area contributed by atoms with E-state index in [9.17, 15) is 14.4 Å². The SMILES string of the molecule is COc1cccc(N2CC(C(=O)Nc3ccc(OC)c(OCC(N)=O)c3)CC2=O)c1. The van der Waals surface area contributed by atoms with Crippen molar-refractivity contribution < 1.29 is 28.6 Å². The Balaban J connectivity index is 1.69. The van der Waals surface area contributed by atoms with Crippen LogP contribution in [-0.4, -0.2) is 45.1 Å². The number of benzene rings is 2. The normalized spacial score (nSPS) is 15.6. The number of anilines is 2. The lowest BCUT2D eigenvalue weighted by molar-refractivity contribution is -0.122. The maximum Gasteiger partial charge on any atom is 0.255 e. The molecule has 0 spiro atoms. The Morgan fingerprint density at radius 3 is 2.63 bits per heavy atom. The number of nitrogens with zero attached hydrogens (tertiary/aromatic N) is 1. The molecule has 1 fully saturated rings. The fraction of sp³-hybridized carbons (Fsp3) is 0.286. The zero-order valence-corrected chi connectivity index (χ0v) is 16.7. The molecule has 0 aromatic heterocycles. The lowest BCUT2D eigenvalue weighted by Gasteiger charge is -2.17. The number of hydrogen-bond acceptors (Lipinski definition) is 6. The molecule has 9 nitrogen and oxygen atoms in total. The predicted molar refractivity (Wildman–Crippen MR) is 110 cm³/mol. The predicted octanol–water partition coefficient (Wildman–Crippen LogP) is 1.56. The number of primary amides is 1. The molecule has 0 radical (unpaired) electrons. The quantitative estimate of drug-likeness (QED) is 0.678. The number of carbonyl (C=O) groups excluding carboxylic acids is 3. The topological polar surface area (TPSA) is 120 Å². The summed E-state index contributed by atoms with van der Waals surface area (Å²) in [6, 6.07) is 11.9. The molecule has 3 amide bonds. The van der Waals surface area contributed by atoms with Crippen molar-refractivity contribution in [3.8, 4) is 17.2 Å². The second-order valence-corrected chi connectivity index (χ2v) is 6.72. The molecule has 2 aromatic rings. The van der Waals surface area contributed by atoms with E-state index in [1.807, 2.05) is 0 Å². The molecule has 9 heteroatoms. The lowest BCUT2D eigenvalue weighted by atomic mass is 10.1. The van der Waals surface area contributed by atoms with E-state index in [1.54, 1.807) is 48.4 Å². The lowest BCUT2D eigenvalue weighted by Crippen LogP contribution is -2.28. The van der Waals surface area contributed by atoms with Crippen LogP contribution in [0.2, 0.25) is 0 Å². The summed E-state index contributed by atoms with van der Waals surface area (Å²) in [5.74, 6) is -0.267. The van der Waals surface area contributed by atoms with Gasteiger partial charge in [0.05, 0.1) is 20.1 Å². The summed E-state index contributed by atoms with van der Waals surface area (Å²) >= 11 is 0. The molecule has 1 saturated heterocycles. The van der Waals surface area contributed by atoms with Crippen LogP contribution >= 0.6 is 0 Å². The molecular formula is C21H23N3O6. The van der Waals surface area contributed by atoms with Crippen molar-refractivity contribution in [2.45, 2.75) is 6.42 Å². The van der Waals surface area contributed by atoms with Crippen LogP contribution in [0.15, 0.2) is 42.5 Å². The Morgan fingerprint density at radius 2 is 1.93 bits per heavy atom. The maximum absolute atomic E-state index is 12.7. The average molecular weight is 413 g/mol. The monoisotopic (exact) mass is 413 g/mol. The summed E-state index contributed by atoms with van der Waals surface area (Å²) < 4.78 is 15.7. The van der Waals surface area contributed by atoms with Crippen molar-refractivity contribution in [2.75, 3.05) is 37.6 Å². The summed E-state index contributed by atoms with van der Waals surface area (Å²) in [4.78, 5) is 37.7. The van der Waals surface area contributed by atoms with Gasteiger partial charge in [-0.15, -0.1) is 0 Å². The second-order valence-electron chi connectivity index (χ2n) is 6.72. The van der Waals surface area contributed by atoms with Gasteiger partial charge < -0.3 is 30.2 Å². The first-order valence-electron chi connectivity index (χ1n) is 9.25. The van der Waals surface area contributed by atoms with E-state index in [-0.39, 0.29) is 37.1 Å². The van der Waals surface area contributed by atoms with E-state index in [0.717, 1.165) is 0 Å². The van der Waals surface area contributed by atoms with Gasteiger partial charge in [0, 0.05) is 36.5 Å². The Hall–Kier alpha value is -3.75. The van der Waals surface area contributed by atoms with Gasteiger partial charge in [-0.05, 0) is 24.3 Å². The third-order valence-electron chi connectivity index (χ3n) is 4.66. The smallest absolute Gasteiger partial charge is 0.255 e. The van der Waals surface area contributed by atoms with Crippen molar-refractivity contribution in [2.24, 2.45) is 11.7 Å². The average Bonchev–Trinajstić information content (AvgIpc) is 3.14. The third kappa shape index (κ3) is 4.80. The highest BCUT2D eigenvalue weighted by molar-refractivity contribution is 6.03. The number of carbonyl (C=O) groups is 3. The van der Waals surface area contributed by atoms with E-state index < -0.39 is 11.8 Å². The summed E-state index contributed by atoms with van der Waals surface area (Å²) in [5.41, 5.74) is 6.24. The molecule has 0 bridgehead atoms. The molecule has 30 heavy (non-hydrogen) atoms. The second kappa shape index (κ2) is 9.17. The Kier molecular flexibility index (Phi) is 6.41. The summed E-state index contributed by atoms with van der Waals surface area (Å²) in [6.45, 7) is -0.0561. The number of hydrogen-bond donors (Lipinski definition) is 2. The van der Waals surface area contributed by atoms with Gasteiger partial charge in [0.15, 0.2) is 18.1 Å². The molecular weight excluding hydrogens is 390 g/mol. The molecule has 158 valence electrons. The molecule has 3 rings (SSSR count). The summed E-state index contributed by atoms with van der Waals surface area (Å²) in [5, 5.41) is 2.78. The van der Waals surface area contributed by atoms with E-state index in [0.29, 0.717) is 22.9 Å². The van der Waals surface area contributed by atoms with Gasteiger partial charge in [-0.1, -0.05) is 6.07 Å². The highest BCUT2D eigenvalue weighted by Crippen LogP contribution is 2.32. The number of ether oxygens (including phenoxy) is 3. The van der Waals surface area contributed by atoms with Crippen LogP contribution in [0.3, 0.4) is 0 Å². The minimum atomic E-state index is -0.631. The number of methoxy groups -OCH3 is 2. The molecule has 1 heterocycles. The van der Waals surface area contributed by atoms with Crippen LogP contribution in [0, 0.1) is 5.92 Å². The molecule has 2 aromatic carbocycles. The Labute approximate surface area is 173 Å². The highest BCUT2D eigenvalue weighted by Gasteiger charge is 2.35. The van der Waals surface area contributed by atoms with Crippen LogP contribution in [-0.2, 0) is 14.4 Å². The van der Waals surface area contributed by atoms with Gasteiger partial charge in [0.1, 0.15) is 5.75 Å². The van der Waals surface area contributed by atoms with Crippen molar-refractivity contribution >= 4 is 29.1 Å². The van der Waals surface area contributed by atoms with Gasteiger partial charge in [-0.3, -0.25) is 14.4 Å². The van der Waals surface area contributed by atoms with Crippen LogP contribution in [0.4, 0.5) is 11.4 Å². The van der Waals surface area contributed by atoms with Gasteiger partial charge >= 0.3 is 0 Å². The van der Waals surface area contributed by atoms with Crippen molar-refractivity contribution in [3.05, 3.63) is 42.5 Å². The third-order valence-corrected chi connectivity index (χ3v) is 4.66. The van der Waals surface area contributed by atoms with Crippen LogP contribution in [0.25, 0.3) is 0 Å². The van der Waals surface area contributed by atoms with Crippen LogP contribution in [0.1, 0.15) is 6.42 Å². The minimum absolute atomic E-state index is 0.101. The highest BCUT2D eigenvalue weighted by atomic mass is 16.5. The molecule has 3 N–H and O–H groups in total. The van der Waals surface area contributed by atoms with Crippen molar-refractivity contribution in [1.82, 2.24) is 0 Å². The Morgan fingerprint density at radius 1 is 1.13 bits per heavy atom. The Bertz CT molecular complexity index is 962. The van der Waals surface area contributed by atoms with E-state index in [4.69, 9.17) is 19.9 Å². The first-order chi connectivity index (χ1) is 14.4. The number of rotatable bonds is 8. The summed E-state index contributed by atoms with van der Waals surface area (Å²) in [6.07, 6.45) is 0.101. The molecule has 1 aliphatic rings. The molecule has 1 aliphatic heterocycles. The van der Waals surface area contributed by atoms with E-state index >= 15 is 0 Å². The summed E-state index contributed by atoms with van der Waals surface area (Å²) in [7, 11) is 3.01. The molecule has 1 atom stereocenters. The van der Waals surface area contributed by atoms with Crippen LogP contribution < -0.4 is 30.2 Å². The zero-order chi connectivity index (χ0) is 21.7. The fourth-order valence-electron chi connectivity index (χ4n) is 3.17. The van der Waals surface area contributed by atoms with Gasteiger partial charge in [0.25, 0.3) is 5.91 Å². The van der Waals surface area contributed by atoms with E-state index in [1.165, 1.54) is 13.2 Å². The molecule has 0 aliphatic carbocycles. The molecule has 1 unspecified atom stereocenters. The first kappa shape index (κ1) is 21.0. The van der Waals surface area contributed by atoms with E-state index in [2.05, 4.69) is 5.32 Å². The fourth-order valence-corrected chi connectivity index (χ4v) is 3.17. The van der Waals surface area contributed by atoms with Gasteiger partial charge in [-0.25, -0.2) is 0 Å². The first-order valence-corrected chi connectivity index (χ1v) is 9.25. The van der Waals surface area contributed by atoms with Crippen molar-refractivity contribution in [1.29, 1.82) is 0 Å². The standard InChI is InChI=1S/C21H23N3O6/c1-28-16-5-3-4-15(10-16)24-11-13(8-20(24)26)21(27)23-14-6-7-17(29-2)18(9-14)30-12-19(22)25/h3-7,9-10,13H,8,11-12H2,1-2H3,(H2,22,25)(H,23,27). The minimum Gasteiger partial charge on any atom is -0.497 e. The van der Waals surface area contributed by atoms with Crippen molar-refractivity contribution in [3.63, 3.8) is 0 Å². The maximum atomic E-state index is 12.7. The molecule has 0 saturated carbocycles. The van der Waals surface area contributed by atoms with Crippen LogP contribution in [0.5, 0.6) is 17.2 Å².